The molecule has 1 rings (SSSR count). The molecule has 0 saturated carbocycles. The average molecular weight is 245 g/mol. The molecule has 0 amide bonds. The SMILES string of the molecule is CC(NCC(O)COC(C)(C)C)C1CCCO1. The fourth-order valence-electron chi connectivity index (χ4n) is 1.86. The Morgan fingerprint density at radius 2 is 2.18 bits per heavy atom. The fraction of sp³-hybridized carbons (Fsp3) is 1.00. The number of aliphatic hydroxyl groups is 1. The molecule has 0 spiro atoms. The summed E-state index contributed by atoms with van der Waals surface area (Å²) in [6, 6.07) is 0.293. The van der Waals surface area contributed by atoms with Crippen LogP contribution in [0.2, 0.25) is 0 Å². The van der Waals surface area contributed by atoms with E-state index < -0.39 is 6.10 Å². The van der Waals surface area contributed by atoms with Crippen molar-refractivity contribution in [1.29, 1.82) is 0 Å². The summed E-state index contributed by atoms with van der Waals surface area (Å²) >= 11 is 0. The van der Waals surface area contributed by atoms with Gasteiger partial charge in [-0.1, -0.05) is 0 Å². The van der Waals surface area contributed by atoms with Crippen molar-refractivity contribution < 1.29 is 14.6 Å². The molecule has 4 heteroatoms. The molecule has 2 N–H and O–H groups in total. The summed E-state index contributed by atoms with van der Waals surface area (Å²) in [5, 5.41) is 13.1. The largest absolute Gasteiger partial charge is 0.389 e. The lowest BCUT2D eigenvalue weighted by molar-refractivity contribution is -0.0493. The highest BCUT2D eigenvalue weighted by Crippen LogP contribution is 2.15. The van der Waals surface area contributed by atoms with Gasteiger partial charge in [-0.25, -0.2) is 0 Å². The molecule has 1 aliphatic heterocycles. The Labute approximate surface area is 105 Å². The van der Waals surface area contributed by atoms with Gasteiger partial charge in [0.2, 0.25) is 0 Å². The maximum atomic E-state index is 9.78. The van der Waals surface area contributed by atoms with Gasteiger partial charge in [0.25, 0.3) is 0 Å². The van der Waals surface area contributed by atoms with Crippen LogP contribution in [-0.4, -0.2) is 48.7 Å². The van der Waals surface area contributed by atoms with Crippen molar-refractivity contribution in [3.8, 4) is 0 Å². The van der Waals surface area contributed by atoms with Crippen LogP contribution in [-0.2, 0) is 9.47 Å². The molecule has 3 atom stereocenters. The van der Waals surface area contributed by atoms with Crippen LogP contribution in [0.25, 0.3) is 0 Å². The fourth-order valence-corrected chi connectivity index (χ4v) is 1.86. The number of hydrogen-bond donors (Lipinski definition) is 2. The average Bonchev–Trinajstić information content (AvgIpc) is 2.75. The van der Waals surface area contributed by atoms with Crippen LogP contribution in [0.4, 0.5) is 0 Å². The zero-order chi connectivity index (χ0) is 12.9. The lowest BCUT2D eigenvalue weighted by Crippen LogP contribution is -2.42. The van der Waals surface area contributed by atoms with Gasteiger partial charge in [0, 0.05) is 19.2 Å². The molecular formula is C13H27NO3. The topological polar surface area (TPSA) is 50.7 Å². The highest BCUT2D eigenvalue weighted by molar-refractivity contribution is 4.77. The molecule has 0 bridgehead atoms. The lowest BCUT2D eigenvalue weighted by atomic mass is 10.1. The summed E-state index contributed by atoms with van der Waals surface area (Å²) in [7, 11) is 0. The molecule has 4 nitrogen and oxygen atoms in total. The Morgan fingerprint density at radius 1 is 1.47 bits per heavy atom. The van der Waals surface area contributed by atoms with Crippen molar-refractivity contribution in [3.63, 3.8) is 0 Å². The molecular weight excluding hydrogens is 218 g/mol. The molecule has 0 aromatic rings. The second-order valence-corrected chi connectivity index (χ2v) is 5.83. The van der Waals surface area contributed by atoms with Crippen LogP contribution in [0.15, 0.2) is 0 Å². The van der Waals surface area contributed by atoms with E-state index >= 15 is 0 Å². The molecule has 0 radical (unpaired) electrons. The van der Waals surface area contributed by atoms with E-state index in [1.165, 1.54) is 0 Å². The van der Waals surface area contributed by atoms with Gasteiger partial charge in [-0.3, -0.25) is 0 Å². The number of hydrogen-bond acceptors (Lipinski definition) is 4. The van der Waals surface area contributed by atoms with Crippen LogP contribution in [0, 0.1) is 0 Å². The van der Waals surface area contributed by atoms with Crippen LogP contribution >= 0.6 is 0 Å². The van der Waals surface area contributed by atoms with E-state index in [9.17, 15) is 5.11 Å². The lowest BCUT2D eigenvalue weighted by Gasteiger charge is -2.24. The van der Waals surface area contributed by atoms with Crippen LogP contribution in [0.5, 0.6) is 0 Å². The van der Waals surface area contributed by atoms with Crippen molar-refractivity contribution in [2.75, 3.05) is 19.8 Å². The first-order valence-electron chi connectivity index (χ1n) is 6.55. The summed E-state index contributed by atoms with van der Waals surface area (Å²) in [4.78, 5) is 0. The summed E-state index contributed by atoms with van der Waals surface area (Å²) in [5.74, 6) is 0. The summed E-state index contributed by atoms with van der Waals surface area (Å²) < 4.78 is 11.1. The van der Waals surface area contributed by atoms with Gasteiger partial charge < -0.3 is 19.9 Å². The molecule has 102 valence electrons. The maximum Gasteiger partial charge on any atom is 0.0898 e. The zero-order valence-corrected chi connectivity index (χ0v) is 11.5. The Morgan fingerprint density at radius 3 is 2.71 bits per heavy atom. The maximum absolute atomic E-state index is 9.78. The van der Waals surface area contributed by atoms with E-state index in [1.807, 2.05) is 20.8 Å². The van der Waals surface area contributed by atoms with Gasteiger partial charge in [0.15, 0.2) is 0 Å². The summed E-state index contributed by atoms with van der Waals surface area (Å²) in [6.07, 6.45) is 2.10. The minimum Gasteiger partial charge on any atom is -0.389 e. The van der Waals surface area contributed by atoms with Crippen molar-refractivity contribution in [3.05, 3.63) is 0 Å². The molecule has 0 aromatic carbocycles. The Bertz CT molecular complexity index is 209. The van der Waals surface area contributed by atoms with E-state index in [-0.39, 0.29) is 5.60 Å². The minimum absolute atomic E-state index is 0.193. The van der Waals surface area contributed by atoms with Crippen LogP contribution in [0.3, 0.4) is 0 Å². The molecule has 17 heavy (non-hydrogen) atoms. The molecule has 1 fully saturated rings. The van der Waals surface area contributed by atoms with Crippen molar-refractivity contribution in [2.24, 2.45) is 0 Å². The third-order valence-electron chi connectivity index (χ3n) is 2.91. The Balaban J connectivity index is 2.12. The minimum atomic E-state index is -0.460. The first-order chi connectivity index (χ1) is 7.88. The van der Waals surface area contributed by atoms with Gasteiger partial charge in [-0.05, 0) is 40.5 Å². The number of rotatable bonds is 6. The van der Waals surface area contributed by atoms with E-state index in [4.69, 9.17) is 9.47 Å². The first kappa shape index (κ1) is 14.9. The van der Waals surface area contributed by atoms with E-state index in [0.29, 0.717) is 25.3 Å². The van der Waals surface area contributed by atoms with Crippen molar-refractivity contribution in [1.82, 2.24) is 5.32 Å². The van der Waals surface area contributed by atoms with E-state index in [0.717, 1.165) is 19.4 Å². The van der Waals surface area contributed by atoms with Gasteiger partial charge in [0.1, 0.15) is 0 Å². The molecule has 0 aliphatic carbocycles. The van der Waals surface area contributed by atoms with E-state index in [1.54, 1.807) is 0 Å². The van der Waals surface area contributed by atoms with Gasteiger partial charge in [-0.2, -0.15) is 0 Å². The molecule has 3 unspecified atom stereocenters. The molecule has 0 aromatic heterocycles. The third-order valence-corrected chi connectivity index (χ3v) is 2.91. The predicted octanol–water partition coefficient (Wildman–Crippen LogP) is 1.32. The molecule has 1 aliphatic rings. The highest BCUT2D eigenvalue weighted by Gasteiger charge is 2.22. The molecule has 1 heterocycles. The summed E-state index contributed by atoms with van der Waals surface area (Å²) in [6.45, 7) is 9.86. The van der Waals surface area contributed by atoms with E-state index in [2.05, 4.69) is 12.2 Å². The highest BCUT2D eigenvalue weighted by atomic mass is 16.5. The second-order valence-electron chi connectivity index (χ2n) is 5.83. The second kappa shape index (κ2) is 6.69. The van der Waals surface area contributed by atoms with Crippen molar-refractivity contribution >= 4 is 0 Å². The number of nitrogens with one attached hydrogen (secondary N) is 1. The van der Waals surface area contributed by atoms with Crippen molar-refractivity contribution in [2.45, 2.75) is 64.4 Å². The van der Waals surface area contributed by atoms with Gasteiger partial charge in [-0.15, -0.1) is 0 Å². The number of ether oxygens (including phenoxy) is 2. The third kappa shape index (κ3) is 6.36. The monoisotopic (exact) mass is 245 g/mol. The Hall–Kier alpha value is -0.160. The normalized spacial score (nSPS) is 24.9. The molecule has 1 saturated heterocycles. The van der Waals surface area contributed by atoms with Gasteiger partial charge in [0.05, 0.1) is 24.4 Å². The smallest absolute Gasteiger partial charge is 0.0898 e. The predicted molar refractivity (Wildman–Crippen MR) is 68.2 cm³/mol. The number of aliphatic hydroxyl groups excluding tert-OH is 1. The summed E-state index contributed by atoms with van der Waals surface area (Å²) in [5.41, 5.74) is -0.193. The van der Waals surface area contributed by atoms with Crippen LogP contribution in [0.1, 0.15) is 40.5 Å². The van der Waals surface area contributed by atoms with Gasteiger partial charge >= 0.3 is 0 Å². The quantitative estimate of drug-likeness (QED) is 0.741. The zero-order valence-electron chi connectivity index (χ0n) is 11.5. The standard InChI is InChI=1S/C13H27NO3/c1-10(12-6-5-7-16-12)14-8-11(15)9-17-13(2,3)4/h10-12,14-15H,5-9H2,1-4H3. The first-order valence-corrected chi connectivity index (χ1v) is 6.55. The van der Waals surface area contributed by atoms with Crippen LogP contribution < -0.4 is 5.32 Å². The Kier molecular flexibility index (Phi) is 5.86.